The summed E-state index contributed by atoms with van der Waals surface area (Å²) in [6.07, 6.45) is 5.43. The number of rotatable bonds is 5. The number of hydrogen-bond acceptors (Lipinski definition) is 5. The van der Waals surface area contributed by atoms with Gasteiger partial charge in [-0.3, -0.25) is 10.2 Å². The van der Waals surface area contributed by atoms with E-state index in [0.29, 0.717) is 11.0 Å². The molecule has 5 rings (SSSR count). The largest absolute Gasteiger partial charge is 0.457 e. The highest BCUT2D eigenvalue weighted by Crippen LogP contribution is 2.41. The maximum absolute atomic E-state index is 12.4. The topological polar surface area (TPSA) is 70.6 Å². The number of halogens is 1. The number of amides is 2. The smallest absolute Gasteiger partial charge is 0.324 e. The first-order chi connectivity index (χ1) is 16.1. The van der Waals surface area contributed by atoms with Crippen LogP contribution in [0.15, 0.2) is 67.0 Å². The molecule has 1 spiro atoms. The fraction of sp³-hybridized carbons (Fsp3) is 0.320. The van der Waals surface area contributed by atoms with E-state index < -0.39 is 0 Å². The number of anilines is 1. The zero-order valence-electron chi connectivity index (χ0n) is 18.3. The van der Waals surface area contributed by atoms with E-state index in [1.807, 2.05) is 41.3 Å². The summed E-state index contributed by atoms with van der Waals surface area (Å²) in [5.41, 5.74) is 1.47. The monoisotopic (exact) mass is 463 g/mol. The van der Waals surface area contributed by atoms with E-state index in [4.69, 9.17) is 16.3 Å². The highest BCUT2D eigenvalue weighted by molar-refractivity contribution is 6.30. The normalized spacial score (nSPS) is 17.4. The Hall–Kier alpha value is -3.16. The van der Waals surface area contributed by atoms with Gasteiger partial charge in [0, 0.05) is 42.5 Å². The van der Waals surface area contributed by atoms with Crippen molar-refractivity contribution in [2.75, 3.05) is 31.5 Å². The summed E-state index contributed by atoms with van der Waals surface area (Å²) in [6, 6.07) is 17.2. The number of carbonyl (C=O) groups excluding carboxylic acids is 1. The van der Waals surface area contributed by atoms with Crippen LogP contribution < -0.4 is 10.1 Å². The Kier molecular flexibility index (Phi) is 6.15. The number of urea groups is 1. The van der Waals surface area contributed by atoms with Gasteiger partial charge in [0.2, 0.25) is 5.95 Å². The maximum atomic E-state index is 12.4. The molecule has 1 aromatic heterocycles. The Morgan fingerprint density at radius 2 is 1.73 bits per heavy atom. The molecular formula is C25H26ClN5O2. The summed E-state index contributed by atoms with van der Waals surface area (Å²) < 4.78 is 5.97. The van der Waals surface area contributed by atoms with Crippen LogP contribution in [-0.2, 0) is 6.54 Å². The van der Waals surface area contributed by atoms with Crippen LogP contribution in [0.2, 0.25) is 5.02 Å². The minimum absolute atomic E-state index is 0.119. The van der Waals surface area contributed by atoms with Gasteiger partial charge in [0.05, 0.1) is 0 Å². The average Bonchev–Trinajstić information content (AvgIpc) is 2.81. The van der Waals surface area contributed by atoms with Crippen molar-refractivity contribution in [2.24, 2.45) is 5.41 Å². The van der Waals surface area contributed by atoms with Crippen LogP contribution in [0.1, 0.15) is 18.4 Å². The average molecular weight is 464 g/mol. The lowest BCUT2D eigenvalue weighted by Crippen LogP contribution is -2.62. The molecule has 170 valence electrons. The number of ether oxygens (including phenoxy) is 1. The highest BCUT2D eigenvalue weighted by atomic mass is 35.5. The molecule has 0 aliphatic carbocycles. The van der Waals surface area contributed by atoms with Crippen molar-refractivity contribution in [3.63, 3.8) is 0 Å². The van der Waals surface area contributed by atoms with Gasteiger partial charge >= 0.3 is 6.03 Å². The second-order valence-electron chi connectivity index (χ2n) is 8.84. The predicted molar refractivity (Wildman–Crippen MR) is 128 cm³/mol. The van der Waals surface area contributed by atoms with Crippen LogP contribution in [0.5, 0.6) is 11.5 Å². The van der Waals surface area contributed by atoms with Gasteiger partial charge in [-0.2, -0.15) is 0 Å². The molecule has 1 N–H and O–H groups in total. The Balaban J connectivity index is 1.10. The lowest BCUT2D eigenvalue weighted by atomic mass is 9.72. The van der Waals surface area contributed by atoms with Gasteiger partial charge in [0.1, 0.15) is 11.5 Å². The maximum Gasteiger partial charge on any atom is 0.324 e. The first-order valence-electron chi connectivity index (χ1n) is 11.1. The molecule has 2 amide bonds. The molecule has 2 saturated heterocycles. The van der Waals surface area contributed by atoms with E-state index in [0.717, 1.165) is 57.1 Å². The molecule has 2 aromatic carbocycles. The van der Waals surface area contributed by atoms with Gasteiger partial charge in [0.25, 0.3) is 0 Å². The molecule has 0 bridgehead atoms. The summed E-state index contributed by atoms with van der Waals surface area (Å²) in [5, 5.41) is 3.46. The van der Waals surface area contributed by atoms with Crippen molar-refractivity contribution < 1.29 is 9.53 Å². The molecule has 8 heteroatoms. The Labute approximate surface area is 198 Å². The molecule has 2 fully saturated rings. The summed E-state index contributed by atoms with van der Waals surface area (Å²) >= 11 is 5.95. The number of piperidine rings is 1. The van der Waals surface area contributed by atoms with Crippen molar-refractivity contribution >= 4 is 23.6 Å². The fourth-order valence-electron chi connectivity index (χ4n) is 4.55. The third-order valence-corrected chi connectivity index (χ3v) is 6.65. The van der Waals surface area contributed by atoms with E-state index in [9.17, 15) is 4.79 Å². The van der Waals surface area contributed by atoms with Crippen molar-refractivity contribution in [1.82, 2.24) is 19.8 Å². The molecule has 3 heterocycles. The predicted octanol–water partition coefficient (Wildman–Crippen LogP) is 5.05. The van der Waals surface area contributed by atoms with Crippen LogP contribution in [0, 0.1) is 5.41 Å². The first kappa shape index (κ1) is 21.7. The minimum Gasteiger partial charge on any atom is -0.457 e. The molecule has 3 aromatic rings. The third-order valence-electron chi connectivity index (χ3n) is 6.39. The van der Waals surface area contributed by atoms with Crippen molar-refractivity contribution in [2.45, 2.75) is 19.4 Å². The molecule has 0 unspecified atom stereocenters. The lowest BCUT2D eigenvalue weighted by Gasteiger charge is -2.53. The lowest BCUT2D eigenvalue weighted by molar-refractivity contribution is -0.0200. The van der Waals surface area contributed by atoms with Gasteiger partial charge in [0.15, 0.2) is 0 Å². The Morgan fingerprint density at radius 1 is 1.00 bits per heavy atom. The van der Waals surface area contributed by atoms with Crippen LogP contribution in [0.25, 0.3) is 0 Å². The second kappa shape index (κ2) is 9.37. The number of benzene rings is 2. The summed E-state index contributed by atoms with van der Waals surface area (Å²) in [6.45, 7) is 4.54. The van der Waals surface area contributed by atoms with Gasteiger partial charge in [-0.1, -0.05) is 23.7 Å². The molecule has 0 saturated carbocycles. The quantitative estimate of drug-likeness (QED) is 0.573. The van der Waals surface area contributed by atoms with Gasteiger partial charge < -0.3 is 9.64 Å². The SMILES string of the molecule is O=C(Nc1ncccn1)N1CC2(CCN(Cc3cccc(Oc4ccc(Cl)cc4)c3)CC2)C1. The standard InChI is InChI=1S/C25H26ClN5O2/c26-20-5-7-21(8-6-20)33-22-4-1-3-19(15-22)16-30-13-9-25(10-14-30)17-31(18-25)24(32)29-23-27-11-2-12-28-23/h1-8,11-12,15H,9-10,13-14,16-18H2,(H,27,28,29,32). The molecule has 0 atom stereocenters. The van der Waals surface area contributed by atoms with Crippen LogP contribution in [-0.4, -0.2) is 52.0 Å². The van der Waals surface area contributed by atoms with Crippen molar-refractivity contribution in [3.05, 3.63) is 77.6 Å². The molecular weight excluding hydrogens is 438 g/mol. The fourth-order valence-corrected chi connectivity index (χ4v) is 4.68. The van der Waals surface area contributed by atoms with E-state index in [-0.39, 0.29) is 11.4 Å². The van der Waals surface area contributed by atoms with Crippen LogP contribution in [0.4, 0.5) is 10.7 Å². The zero-order chi connectivity index (χ0) is 22.7. The number of aromatic nitrogens is 2. The summed E-state index contributed by atoms with van der Waals surface area (Å²) in [5.74, 6) is 1.95. The number of carbonyl (C=O) groups is 1. The van der Waals surface area contributed by atoms with Crippen molar-refractivity contribution in [3.8, 4) is 11.5 Å². The summed E-state index contributed by atoms with van der Waals surface area (Å²) in [7, 11) is 0. The zero-order valence-corrected chi connectivity index (χ0v) is 19.0. The summed E-state index contributed by atoms with van der Waals surface area (Å²) in [4.78, 5) is 24.9. The number of hydrogen-bond donors (Lipinski definition) is 1. The number of nitrogens with zero attached hydrogens (tertiary/aromatic N) is 4. The van der Waals surface area contributed by atoms with Gasteiger partial charge in [-0.15, -0.1) is 0 Å². The number of likely N-dealkylation sites (tertiary alicyclic amines) is 2. The second-order valence-corrected chi connectivity index (χ2v) is 9.27. The highest BCUT2D eigenvalue weighted by Gasteiger charge is 2.46. The van der Waals surface area contributed by atoms with E-state index in [1.54, 1.807) is 18.5 Å². The molecule has 2 aliphatic heterocycles. The van der Waals surface area contributed by atoms with E-state index in [1.165, 1.54) is 5.56 Å². The van der Waals surface area contributed by atoms with E-state index in [2.05, 4.69) is 32.3 Å². The van der Waals surface area contributed by atoms with Crippen molar-refractivity contribution in [1.29, 1.82) is 0 Å². The first-order valence-corrected chi connectivity index (χ1v) is 11.5. The minimum atomic E-state index is -0.119. The van der Waals surface area contributed by atoms with E-state index >= 15 is 0 Å². The molecule has 2 aliphatic rings. The Morgan fingerprint density at radius 3 is 2.45 bits per heavy atom. The van der Waals surface area contributed by atoms with Crippen LogP contribution in [0.3, 0.4) is 0 Å². The van der Waals surface area contributed by atoms with Crippen LogP contribution >= 0.6 is 11.6 Å². The Bertz CT molecular complexity index is 1090. The molecule has 0 radical (unpaired) electrons. The third kappa shape index (κ3) is 5.26. The molecule has 33 heavy (non-hydrogen) atoms. The number of nitrogens with one attached hydrogen (secondary N) is 1. The van der Waals surface area contributed by atoms with Gasteiger partial charge in [-0.25, -0.2) is 14.8 Å². The molecule has 7 nitrogen and oxygen atoms in total. The van der Waals surface area contributed by atoms with Gasteiger partial charge in [-0.05, 0) is 74.0 Å².